The molecule has 3 N–H and O–H groups in total. The summed E-state index contributed by atoms with van der Waals surface area (Å²) >= 11 is 0. The first kappa shape index (κ1) is 29.3. The van der Waals surface area contributed by atoms with Gasteiger partial charge in [0.1, 0.15) is 5.60 Å². The maximum Gasteiger partial charge on any atom is 0.408 e. The van der Waals surface area contributed by atoms with Crippen LogP contribution < -0.4 is 10.6 Å². The largest absolute Gasteiger partial charge is 0.479 e. The highest BCUT2D eigenvalue weighted by atomic mass is 16.6. The Morgan fingerprint density at radius 3 is 2.16 bits per heavy atom. The topological polar surface area (TPSA) is 131 Å². The Hall–Kier alpha value is -3.98. The average molecular weight is 511 g/mol. The molecular formula is C28H34N2O7. The van der Waals surface area contributed by atoms with Gasteiger partial charge >= 0.3 is 18.0 Å². The summed E-state index contributed by atoms with van der Waals surface area (Å²) in [6, 6.07) is 6.32. The zero-order valence-corrected chi connectivity index (χ0v) is 22.3. The first-order valence-electron chi connectivity index (χ1n) is 11.9. The molecule has 1 aliphatic rings. The highest BCUT2D eigenvalue weighted by molar-refractivity contribution is 5.98. The van der Waals surface area contributed by atoms with Crippen molar-refractivity contribution in [1.29, 1.82) is 0 Å². The number of carboxylic acids is 1. The van der Waals surface area contributed by atoms with Crippen LogP contribution in [-0.4, -0.2) is 52.3 Å². The fourth-order valence-electron chi connectivity index (χ4n) is 3.23. The maximum atomic E-state index is 12.9. The lowest BCUT2D eigenvalue weighted by Gasteiger charge is -2.41. The van der Waals surface area contributed by atoms with E-state index in [1.165, 1.54) is 39.8 Å². The summed E-state index contributed by atoms with van der Waals surface area (Å²) in [6.45, 7) is 11.1. The van der Waals surface area contributed by atoms with Crippen LogP contribution in [0.1, 0.15) is 70.8 Å². The van der Waals surface area contributed by atoms with Gasteiger partial charge in [0.15, 0.2) is 5.54 Å². The number of nitrogens with one attached hydrogen (secondary N) is 2. The number of rotatable bonds is 7. The first-order chi connectivity index (χ1) is 17.0. The number of alkyl carbamates (subject to hydrolysis) is 1. The smallest absolute Gasteiger partial charge is 0.408 e. The van der Waals surface area contributed by atoms with Crippen molar-refractivity contribution in [3.63, 3.8) is 0 Å². The van der Waals surface area contributed by atoms with Crippen LogP contribution in [0.4, 0.5) is 4.79 Å². The van der Waals surface area contributed by atoms with Crippen LogP contribution in [0.25, 0.3) is 0 Å². The van der Waals surface area contributed by atoms with Gasteiger partial charge in [0.05, 0.1) is 12.1 Å². The lowest BCUT2D eigenvalue weighted by molar-refractivity contribution is -0.147. The molecule has 0 aliphatic heterocycles. The van der Waals surface area contributed by atoms with Gasteiger partial charge in [-0.05, 0) is 84.1 Å². The quantitative estimate of drug-likeness (QED) is 0.379. The van der Waals surface area contributed by atoms with Crippen LogP contribution in [-0.2, 0) is 19.1 Å². The lowest BCUT2D eigenvalue weighted by atomic mass is 9.80. The molecule has 37 heavy (non-hydrogen) atoms. The van der Waals surface area contributed by atoms with E-state index in [1.807, 2.05) is 0 Å². The highest BCUT2D eigenvalue weighted by Gasteiger charge is 2.50. The fraction of sp³-hybridized carbons (Fsp3) is 0.500. The number of ether oxygens (including phenoxy) is 2. The van der Waals surface area contributed by atoms with Crippen molar-refractivity contribution in [1.82, 2.24) is 10.6 Å². The summed E-state index contributed by atoms with van der Waals surface area (Å²) in [4.78, 5) is 48.2. The molecule has 198 valence electrons. The van der Waals surface area contributed by atoms with Gasteiger partial charge in [-0.3, -0.25) is 9.59 Å². The van der Waals surface area contributed by atoms with Crippen molar-refractivity contribution in [2.24, 2.45) is 11.8 Å². The third kappa shape index (κ3) is 8.57. The predicted octanol–water partition coefficient (Wildman–Crippen LogP) is 3.12. The molecule has 0 saturated heterocycles. The van der Waals surface area contributed by atoms with Crippen molar-refractivity contribution in [3.05, 3.63) is 35.4 Å². The van der Waals surface area contributed by atoms with Crippen LogP contribution in [0.15, 0.2) is 24.3 Å². The fourth-order valence-corrected chi connectivity index (χ4v) is 3.23. The third-order valence-electron chi connectivity index (χ3n) is 5.95. The molecule has 3 atom stereocenters. The molecule has 1 aromatic rings. The van der Waals surface area contributed by atoms with Gasteiger partial charge in [-0.25, -0.2) is 9.59 Å². The summed E-state index contributed by atoms with van der Waals surface area (Å²) in [5, 5.41) is 15.0. The molecule has 2 amide bonds. The Bertz CT molecular complexity index is 1170. The van der Waals surface area contributed by atoms with Gasteiger partial charge in [-0.2, -0.15) is 0 Å². The molecule has 0 spiro atoms. The number of hydrogen-bond acceptors (Lipinski definition) is 6. The van der Waals surface area contributed by atoms with Gasteiger partial charge in [0.25, 0.3) is 5.91 Å². The van der Waals surface area contributed by atoms with E-state index in [0.717, 1.165) is 6.42 Å². The molecule has 1 aromatic carbocycles. The van der Waals surface area contributed by atoms with Crippen LogP contribution in [0.2, 0.25) is 0 Å². The molecule has 0 bridgehead atoms. The van der Waals surface area contributed by atoms with Gasteiger partial charge in [0.2, 0.25) is 0 Å². The minimum Gasteiger partial charge on any atom is -0.479 e. The first-order valence-corrected chi connectivity index (χ1v) is 11.9. The number of amides is 2. The van der Waals surface area contributed by atoms with E-state index in [1.54, 1.807) is 32.9 Å². The second-order valence-electron chi connectivity index (χ2n) is 10.6. The van der Waals surface area contributed by atoms with Crippen LogP contribution in [0.3, 0.4) is 0 Å². The molecule has 0 aromatic heterocycles. The third-order valence-corrected chi connectivity index (χ3v) is 5.95. The van der Waals surface area contributed by atoms with Gasteiger partial charge in [-0.15, -0.1) is 0 Å². The summed E-state index contributed by atoms with van der Waals surface area (Å²) in [5.74, 6) is 9.67. The summed E-state index contributed by atoms with van der Waals surface area (Å²) < 4.78 is 10.2. The number of carboxylic acid groups (broad SMARTS) is 1. The number of hydrogen-bond donors (Lipinski definition) is 3. The van der Waals surface area contributed by atoms with Gasteiger partial charge in [-0.1, -0.05) is 11.8 Å². The summed E-state index contributed by atoms with van der Waals surface area (Å²) in [6.07, 6.45) is 0.0809. The Kier molecular flexibility index (Phi) is 9.00. The summed E-state index contributed by atoms with van der Waals surface area (Å²) in [5.41, 5.74) is -3.18. The zero-order chi connectivity index (χ0) is 28.0. The molecule has 0 radical (unpaired) electrons. The maximum absolute atomic E-state index is 12.9. The number of carbonyl (C=O) groups excluding carboxylic acids is 3. The number of carbonyl (C=O) groups is 4. The van der Waals surface area contributed by atoms with Crippen molar-refractivity contribution >= 4 is 23.9 Å². The Morgan fingerprint density at radius 1 is 1.00 bits per heavy atom. The van der Waals surface area contributed by atoms with E-state index in [0.29, 0.717) is 12.2 Å². The molecule has 9 heteroatoms. The van der Waals surface area contributed by atoms with E-state index >= 15 is 0 Å². The summed E-state index contributed by atoms with van der Waals surface area (Å²) in [7, 11) is 0. The molecule has 0 heterocycles. The predicted molar refractivity (Wildman–Crippen MR) is 136 cm³/mol. The van der Waals surface area contributed by atoms with E-state index < -0.39 is 34.6 Å². The average Bonchev–Trinajstić information content (AvgIpc) is 3.51. The molecule has 9 nitrogen and oxygen atoms in total. The van der Waals surface area contributed by atoms with Crippen molar-refractivity contribution in [3.8, 4) is 23.7 Å². The SMILES string of the molecule is CC(=O)OC[C@@H]1C[C@H]1C#CC#Cc1ccc(C(=O)N[C@](C)(C(=O)O)C(C)(C)NC(=O)OC(C)(C)C)cc1. The highest BCUT2D eigenvalue weighted by Crippen LogP contribution is 2.37. The van der Waals surface area contributed by atoms with Crippen LogP contribution >= 0.6 is 0 Å². The lowest BCUT2D eigenvalue weighted by Crippen LogP contribution is -2.70. The van der Waals surface area contributed by atoms with Gasteiger partial charge in [0, 0.05) is 29.9 Å². The normalized spacial score (nSPS) is 17.9. The number of aliphatic carboxylic acids is 1. The van der Waals surface area contributed by atoms with E-state index in [9.17, 15) is 24.3 Å². The molecule has 1 saturated carbocycles. The zero-order valence-electron chi connectivity index (χ0n) is 22.3. The number of benzene rings is 1. The van der Waals surface area contributed by atoms with Crippen LogP contribution in [0.5, 0.6) is 0 Å². The Labute approximate surface area is 217 Å². The van der Waals surface area contributed by atoms with Crippen molar-refractivity contribution < 1.29 is 33.8 Å². The van der Waals surface area contributed by atoms with Crippen molar-refractivity contribution in [2.45, 2.75) is 71.6 Å². The van der Waals surface area contributed by atoms with E-state index in [2.05, 4.69) is 34.3 Å². The van der Waals surface area contributed by atoms with E-state index in [4.69, 9.17) is 9.47 Å². The van der Waals surface area contributed by atoms with Crippen LogP contribution in [0, 0.1) is 35.5 Å². The molecule has 0 unspecified atom stereocenters. The van der Waals surface area contributed by atoms with E-state index in [-0.39, 0.29) is 23.4 Å². The van der Waals surface area contributed by atoms with Crippen molar-refractivity contribution in [2.75, 3.05) is 6.61 Å². The monoisotopic (exact) mass is 510 g/mol. The Morgan fingerprint density at radius 2 is 1.62 bits per heavy atom. The minimum absolute atomic E-state index is 0.178. The second kappa shape index (κ2) is 11.4. The molecule has 2 rings (SSSR count). The number of esters is 1. The molecule has 1 fully saturated rings. The minimum atomic E-state index is -1.86. The Balaban J connectivity index is 2.03. The second-order valence-corrected chi connectivity index (χ2v) is 10.6. The standard InChI is InChI=1S/C28H34N2O7/c1-18(31)36-17-22-16-21(22)11-9-8-10-19-12-14-20(15-13-19)23(32)29-28(7,24(33)34)27(5,6)30-25(35)37-26(2,3)4/h12-15,21-22H,16-17H2,1-7H3,(H,29,32)(H,30,35)(H,33,34)/t21-,22+,28-/m1/s1. The molecular weight excluding hydrogens is 476 g/mol. The molecule has 1 aliphatic carbocycles. The van der Waals surface area contributed by atoms with Gasteiger partial charge < -0.3 is 25.2 Å².